The lowest BCUT2D eigenvalue weighted by Crippen LogP contribution is -2.26. The third-order valence-corrected chi connectivity index (χ3v) is 5.77. The van der Waals surface area contributed by atoms with E-state index in [0.717, 1.165) is 11.6 Å². The van der Waals surface area contributed by atoms with Gasteiger partial charge in [-0.15, -0.1) is 0 Å². The summed E-state index contributed by atoms with van der Waals surface area (Å²) >= 11 is 15.3. The Morgan fingerprint density at radius 2 is 1.94 bits per heavy atom. The summed E-state index contributed by atoms with van der Waals surface area (Å²) in [6, 6.07) is 6.17. The molecule has 2 aromatic heterocycles. The summed E-state index contributed by atoms with van der Waals surface area (Å²) in [6.07, 6.45) is -2.84. The molecule has 0 spiro atoms. The molecule has 1 unspecified atom stereocenters. The number of alkyl halides is 3. The van der Waals surface area contributed by atoms with Gasteiger partial charge in [-0.05, 0) is 46.6 Å². The Bertz CT molecular complexity index is 1110. The first-order valence-electron chi connectivity index (χ1n) is 9.03. The second-order valence-corrected chi connectivity index (χ2v) is 8.68. The maximum atomic E-state index is 12.8. The smallest absolute Gasteiger partial charge is 0.308 e. The average molecular weight is 539 g/mol. The summed E-state index contributed by atoms with van der Waals surface area (Å²) < 4.78 is 41.8. The molecular formula is C19H17BrCl2F3N5O. The van der Waals surface area contributed by atoms with Crippen molar-refractivity contribution in [2.24, 2.45) is 5.92 Å². The number of nitrogens with zero attached hydrogens (tertiary/aromatic N) is 4. The van der Waals surface area contributed by atoms with Gasteiger partial charge in [0, 0.05) is 11.9 Å². The topological polar surface area (TPSA) is 64.7 Å². The van der Waals surface area contributed by atoms with Crippen molar-refractivity contribution in [1.29, 1.82) is 0 Å². The van der Waals surface area contributed by atoms with Crippen molar-refractivity contribution < 1.29 is 18.0 Å². The minimum absolute atomic E-state index is 0.00461. The summed E-state index contributed by atoms with van der Waals surface area (Å²) in [5.41, 5.74) is 0.200. The van der Waals surface area contributed by atoms with Crippen molar-refractivity contribution in [2.45, 2.75) is 33.1 Å². The molecule has 1 N–H and O–H groups in total. The second-order valence-electron chi connectivity index (χ2n) is 7.01. The molecule has 0 aliphatic heterocycles. The lowest BCUT2D eigenvalue weighted by molar-refractivity contribution is -0.141. The van der Waals surface area contributed by atoms with Crippen LogP contribution in [0.25, 0.3) is 0 Å². The first-order chi connectivity index (χ1) is 14.4. The van der Waals surface area contributed by atoms with Crippen LogP contribution in [0, 0.1) is 12.8 Å². The molecule has 12 heteroatoms. The van der Waals surface area contributed by atoms with Crippen molar-refractivity contribution in [1.82, 2.24) is 19.6 Å². The fourth-order valence-electron chi connectivity index (χ4n) is 2.80. The average Bonchev–Trinajstić information content (AvgIpc) is 3.20. The first kappa shape index (κ1) is 23.6. The van der Waals surface area contributed by atoms with E-state index in [0.29, 0.717) is 32.6 Å². The number of rotatable bonds is 6. The molecule has 1 aromatic carbocycles. The lowest BCUT2D eigenvalue weighted by atomic mass is 10.1. The zero-order valence-electron chi connectivity index (χ0n) is 16.3. The predicted molar refractivity (Wildman–Crippen MR) is 115 cm³/mol. The molecule has 166 valence electrons. The molecular weight excluding hydrogens is 522 g/mol. The van der Waals surface area contributed by atoms with Gasteiger partial charge in [0.05, 0.1) is 33.5 Å². The number of halogens is 6. The summed E-state index contributed by atoms with van der Waals surface area (Å²) in [4.78, 5) is 12.6. The van der Waals surface area contributed by atoms with Gasteiger partial charge in [-0.2, -0.15) is 23.4 Å². The van der Waals surface area contributed by atoms with Crippen LogP contribution in [0.2, 0.25) is 10.0 Å². The maximum Gasteiger partial charge on any atom is 0.435 e. The molecule has 0 radical (unpaired) electrons. The summed E-state index contributed by atoms with van der Waals surface area (Å²) in [7, 11) is 0. The number of amides is 1. The van der Waals surface area contributed by atoms with E-state index in [1.807, 2.05) is 6.07 Å². The van der Waals surface area contributed by atoms with Crippen molar-refractivity contribution in [3.63, 3.8) is 0 Å². The third kappa shape index (κ3) is 5.81. The number of aryl methyl sites for hydroxylation is 1. The van der Waals surface area contributed by atoms with Crippen LogP contribution in [-0.4, -0.2) is 25.5 Å². The molecule has 0 saturated heterocycles. The van der Waals surface area contributed by atoms with Crippen molar-refractivity contribution in [3.8, 4) is 0 Å². The Labute approximate surface area is 194 Å². The molecule has 2 heterocycles. The molecule has 31 heavy (non-hydrogen) atoms. The number of nitrogens with one attached hydrogen (secondary N) is 1. The van der Waals surface area contributed by atoms with E-state index in [1.54, 1.807) is 29.9 Å². The molecule has 6 nitrogen and oxygen atoms in total. The standard InChI is InChI=1S/C19H17BrCl2F3N5O/c1-10(7-30-11(2)5-16(27-30)19(23,24)25)18(31)26-17-13(20)9-29(28-17)8-12-3-4-14(21)15(22)6-12/h3-6,9-10H,7-8H2,1-2H3,(H,26,28,31). The van der Waals surface area contributed by atoms with E-state index in [2.05, 4.69) is 31.4 Å². The Kier molecular flexibility index (Phi) is 7.02. The van der Waals surface area contributed by atoms with Crippen LogP contribution in [0.4, 0.5) is 19.0 Å². The number of hydrogen-bond acceptors (Lipinski definition) is 3. The maximum absolute atomic E-state index is 12.8. The highest BCUT2D eigenvalue weighted by Crippen LogP contribution is 2.29. The molecule has 3 rings (SSSR count). The number of hydrogen-bond donors (Lipinski definition) is 1. The van der Waals surface area contributed by atoms with Gasteiger partial charge in [-0.25, -0.2) is 0 Å². The van der Waals surface area contributed by atoms with Gasteiger partial charge >= 0.3 is 6.18 Å². The number of anilines is 1. The third-order valence-electron chi connectivity index (χ3n) is 4.45. The lowest BCUT2D eigenvalue weighted by Gasteiger charge is -2.12. The van der Waals surface area contributed by atoms with Gasteiger partial charge in [-0.1, -0.05) is 36.2 Å². The molecule has 3 aromatic rings. The Morgan fingerprint density at radius 3 is 2.55 bits per heavy atom. The number of carbonyl (C=O) groups excluding carboxylic acids is 1. The zero-order chi connectivity index (χ0) is 22.9. The van der Waals surface area contributed by atoms with Gasteiger partial charge in [0.25, 0.3) is 0 Å². The van der Waals surface area contributed by atoms with Gasteiger partial charge in [-0.3, -0.25) is 14.2 Å². The highest BCUT2D eigenvalue weighted by atomic mass is 79.9. The molecule has 0 bridgehead atoms. The predicted octanol–water partition coefficient (Wildman–Crippen LogP) is 5.80. The fraction of sp³-hybridized carbons (Fsp3) is 0.316. The van der Waals surface area contributed by atoms with Crippen LogP contribution in [0.15, 0.2) is 34.9 Å². The Morgan fingerprint density at radius 1 is 1.23 bits per heavy atom. The highest BCUT2D eigenvalue weighted by molar-refractivity contribution is 9.10. The number of aromatic nitrogens is 4. The van der Waals surface area contributed by atoms with Crippen LogP contribution < -0.4 is 5.32 Å². The van der Waals surface area contributed by atoms with Gasteiger partial charge in [0.1, 0.15) is 0 Å². The van der Waals surface area contributed by atoms with E-state index in [1.165, 1.54) is 11.6 Å². The molecule has 0 fully saturated rings. The highest BCUT2D eigenvalue weighted by Gasteiger charge is 2.34. The quantitative estimate of drug-likeness (QED) is 0.431. The molecule has 1 amide bonds. The number of benzene rings is 1. The summed E-state index contributed by atoms with van der Waals surface area (Å²) in [5.74, 6) is -0.749. The summed E-state index contributed by atoms with van der Waals surface area (Å²) in [5, 5.41) is 11.4. The molecule has 0 aliphatic rings. The van der Waals surface area contributed by atoms with Gasteiger partial charge in [0.15, 0.2) is 11.5 Å². The Hall–Kier alpha value is -2.04. The minimum atomic E-state index is -4.53. The molecule has 1 atom stereocenters. The largest absolute Gasteiger partial charge is 0.435 e. The van der Waals surface area contributed by atoms with E-state index in [4.69, 9.17) is 23.2 Å². The van der Waals surface area contributed by atoms with E-state index in [-0.39, 0.29) is 6.54 Å². The zero-order valence-corrected chi connectivity index (χ0v) is 19.4. The SMILES string of the molecule is Cc1cc(C(F)(F)F)nn1CC(C)C(=O)Nc1nn(Cc2ccc(Cl)c(Cl)c2)cc1Br. The monoisotopic (exact) mass is 537 g/mol. The normalized spacial score (nSPS) is 12.8. The van der Waals surface area contributed by atoms with Crippen molar-refractivity contribution >= 4 is 50.9 Å². The first-order valence-corrected chi connectivity index (χ1v) is 10.6. The van der Waals surface area contributed by atoms with Crippen molar-refractivity contribution in [3.05, 3.63) is 61.9 Å². The minimum Gasteiger partial charge on any atom is -0.308 e. The van der Waals surface area contributed by atoms with Gasteiger partial charge in [0.2, 0.25) is 5.91 Å². The Balaban J connectivity index is 1.66. The fourth-order valence-corrected chi connectivity index (χ4v) is 3.54. The molecule has 0 aliphatic carbocycles. The number of carbonyl (C=O) groups is 1. The van der Waals surface area contributed by atoms with E-state index >= 15 is 0 Å². The van der Waals surface area contributed by atoms with Crippen LogP contribution >= 0.6 is 39.1 Å². The summed E-state index contributed by atoms with van der Waals surface area (Å²) in [6.45, 7) is 3.50. The van der Waals surface area contributed by atoms with Crippen LogP contribution in [0.1, 0.15) is 23.9 Å². The van der Waals surface area contributed by atoms with Crippen LogP contribution in [-0.2, 0) is 24.1 Å². The van der Waals surface area contributed by atoms with Crippen molar-refractivity contribution in [2.75, 3.05) is 5.32 Å². The van der Waals surface area contributed by atoms with Gasteiger partial charge < -0.3 is 5.32 Å². The molecule has 0 saturated carbocycles. The van der Waals surface area contributed by atoms with Crippen LogP contribution in [0.3, 0.4) is 0 Å². The second kappa shape index (κ2) is 9.22. The van der Waals surface area contributed by atoms with Crippen LogP contribution in [0.5, 0.6) is 0 Å². The van der Waals surface area contributed by atoms with E-state index in [9.17, 15) is 18.0 Å². The van der Waals surface area contributed by atoms with E-state index < -0.39 is 23.7 Å².